The second kappa shape index (κ2) is 4.42. The Hall–Kier alpha value is -1.87. The number of rotatable bonds is 2. The van der Waals surface area contributed by atoms with E-state index in [4.69, 9.17) is 5.11 Å². The molecule has 0 aliphatic rings. The molecule has 0 fully saturated rings. The Labute approximate surface area is 95.8 Å². The SMILES string of the molecule is COc1cc(O)c(C(F)(F)F)nc1OC(F)(F)F. The first-order chi connectivity index (χ1) is 8.04. The molecule has 0 saturated carbocycles. The first-order valence-electron chi connectivity index (χ1n) is 4.15. The van der Waals surface area contributed by atoms with Gasteiger partial charge < -0.3 is 14.6 Å². The van der Waals surface area contributed by atoms with Crippen LogP contribution in [-0.2, 0) is 6.18 Å². The lowest BCUT2D eigenvalue weighted by Crippen LogP contribution is -2.20. The zero-order valence-corrected chi connectivity index (χ0v) is 8.56. The number of methoxy groups -OCH3 is 1. The normalized spacial score (nSPS) is 12.4. The van der Waals surface area contributed by atoms with Gasteiger partial charge in [-0.3, -0.25) is 0 Å². The lowest BCUT2D eigenvalue weighted by atomic mass is 10.3. The van der Waals surface area contributed by atoms with Gasteiger partial charge in [-0.25, -0.2) is 4.98 Å². The fraction of sp³-hybridized carbons (Fsp3) is 0.375. The van der Waals surface area contributed by atoms with Crippen molar-refractivity contribution >= 4 is 0 Å². The number of ether oxygens (including phenoxy) is 2. The predicted molar refractivity (Wildman–Crippen MR) is 44.1 cm³/mol. The molecule has 4 nitrogen and oxygen atoms in total. The summed E-state index contributed by atoms with van der Waals surface area (Å²) in [5, 5.41) is 8.98. The quantitative estimate of drug-likeness (QED) is 0.844. The van der Waals surface area contributed by atoms with Crippen molar-refractivity contribution in [2.75, 3.05) is 7.11 Å². The zero-order valence-electron chi connectivity index (χ0n) is 8.56. The average Bonchev–Trinajstić information content (AvgIpc) is 2.16. The molecule has 0 saturated heterocycles. The largest absolute Gasteiger partial charge is 0.574 e. The number of aromatic hydroxyl groups is 1. The van der Waals surface area contributed by atoms with E-state index in [9.17, 15) is 26.3 Å². The van der Waals surface area contributed by atoms with Crippen molar-refractivity contribution in [3.8, 4) is 17.4 Å². The third-order valence-corrected chi connectivity index (χ3v) is 1.64. The summed E-state index contributed by atoms with van der Waals surface area (Å²) in [6, 6.07) is 0.330. The van der Waals surface area contributed by atoms with Crippen LogP contribution in [0.2, 0.25) is 0 Å². The molecule has 0 radical (unpaired) electrons. The van der Waals surface area contributed by atoms with Crippen molar-refractivity contribution in [2.45, 2.75) is 12.5 Å². The molecule has 0 bridgehead atoms. The van der Waals surface area contributed by atoms with E-state index >= 15 is 0 Å². The van der Waals surface area contributed by atoms with Gasteiger partial charge in [0.1, 0.15) is 5.75 Å². The number of alkyl halides is 6. The van der Waals surface area contributed by atoms with Crippen LogP contribution in [0.3, 0.4) is 0 Å². The smallest absolute Gasteiger partial charge is 0.506 e. The number of nitrogens with zero attached hydrogens (tertiary/aromatic N) is 1. The minimum absolute atomic E-state index is 0.330. The molecule has 0 unspecified atom stereocenters. The van der Waals surface area contributed by atoms with Crippen molar-refractivity contribution < 1.29 is 40.9 Å². The molecule has 1 heterocycles. The van der Waals surface area contributed by atoms with E-state index in [0.717, 1.165) is 7.11 Å². The van der Waals surface area contributed by atoms with Crippen molar-refractivity contribution in [3.63, 3.8) is 0 Å². The zero-order chi connectivity index (χ0) is 14.1. The van der Waals surface area contributed by atoms with Crippen molar-refractivity contribution in [2.24, 2.45) is 0 Å². The van der Waals surface area contributed by atoms with E-state index in [1.807, 2.05) is 0 Å². The van der Waals surface area contributed by atoms with Gasteiger partial charge in [-0.05, 0) is 0 Å². The highest BCUT2D eigenvalue weighted by Gasteiger charge is 2.40. The molecule has 0 aliphatic carbocycles. The van der Waals surface area contributed by atoms with Gasteiger partial charge in [0.05, 0.1) is 7.11 Å². The molecule has 1 aromatic heterocycles. The Morgan fingerprint density at radius 2 is 1.72 bits per heavy atom. The molecule has 1 aromatic rings. The molecule has 1 rings (SSSR count). The Morgan fingerprint density at radius 1 is 1.17 bits per heavy atom. The van der Waals surface area contributed by atoms with Crippen LogP contribution >= 0.6 is 0 Å². The first kappa shape index (κ1) is 14.2. The van der Waals surface area contributed by atoms with Crippen LogP contribution in [0.15, 0.2) is 6.07 Å². The van der Waals surface area contributed by atoms with Crippen molar-refractivity contribution in [1.29, 1.82) is 0 Å². The summed E-state index contributed by atoms with van der Waals surface area (Å²) in [7, 11) is 0.882. The topological polar surface area (TPSA) is 51.6 Å². The molecule has 102 valence electrons. The Balaban J connectivity index is 3.31. The standard InChI is InChI=1S/C8H5F6NO3/c1-17-4-2-3(16)5(7(9,10)11)15-6(4)18-8(12,13)14/h2,16H,1H3. The van der Waals surface area contributed by atoms with E-state index < -0.39 is 35.6 Å². The van der Waals surface area contributed by atoms with Crippen LogP contribution in [0, 0.1) is 0 Å². The van der Waals surface area contributed by atoms with E-state index in [0.29, 0.717) is 6.07 Å². The van der Waals surface area contributed by atoms with Gasteiger partial charge in [0, 0.05) is 6.07 Å². The minimum atomic E-state index is -5.24. The van der Waals surface area contributed by atoms with Crippen LogP contribution < -0.4 is 9.47 Å². The van der Waals surface area contributed by atoms with E-state index in [1.54, 1.807) is 0 Å². The van der Waals surface area contributed by atoms with Gasteiger partial charge in [0.25, 0.3) is 5.88 Å². The molecule has 0 aliphatic heterocycles. The Morgan fingerprint density at radius 3 is 2.11 bits per heavy atom. The lowest BCUT2D eigenvalue weighted by Gasteiger charge is -2.14. The molecular weight excluding hydrogens is 272 g/mol. The third-order valence-electron chi connectivity index (χ3n) is 1.64. The molecular formula is C8H5F6NO3. The summed E-state index contributed by atoms with van der Waals surface area (Å²) in [5.41, 5.74) is -1.90. The number of aromatic nitrogens is 1. The second-order valence-corrected chi connectivity index (χ2v) is 2.91. The lowest BCUT2D eigenvalue weighted by molar-refractivity contribution is -0.277. The van der Waals surface area contributed by atoms with E-state index in [1.165, 1.54) is 0 Å². The number of pyridine rings is 1. The maximum absolute atomic E-state index is 12.3. The number of hydrogen-bond donors (Lipinski definition) is 1. The maximum atomic E-state index is 12.3. The fourth-order valence-corrected chi connectivity index (χ4v) is 1.01. The van der Waals surface area contributed by atoms with Gasteiger partial charge in [-0.1, -0.05) is 0 Å². The fourth-order valence-electron chi connectivity index (χ4n) is 1.01. The first-order valence-corrected chi connectivity index (χ1v) is 4.15. The molecule has 18 heavy (non-hydrogen) atoms. The summed E-state index contributed by atoms with van der Waals surface area (Å²) < 4.78 is 80.3. The second-order valence-electron chi connectivity index (χ2n) is 2.91. The molecule has 0 spiro atoms. The number of halogens is 6. The van der Waals surface area contributed by atoms with Crippen LogP contribution in [0.25, 0.3) is 0 Å². The summed E-state index contributed by atoms with van der Waals surface area (Å²) in [4.78, 5) is 2.56. The summed E-state index contributed by atoms with van der Waals surface area (Å²) >= 11 is 0. The number of hydrogen-bond acceptors (Lipinski definition) is 4. The Kier molecular flexibility index (Phi) is 3.49. The van der Waals surface area contributed by atoms with E-state index in [-0.39, 0.29) is 0 Å². The van der Waals surface area contributed by atoms with Gasteiger partial charge in [-0.15, -0.1) is 13.2 Å². The van der Waals surface area contributed by atoms with Gasteiger partial charge >= 0.3 is 12.5 Å². The molecule has 10 heteroatoms. The van der Waals surface area contributed by atoms with Crippen molar-refractivity contribution in [1.82, 2.24) is 4.98 Å². The van der Waals surface area contributed by atoms with E-state index in [2.05, 4.69) is 14.5 Å². The predicted octanol–water partition coefficient (Wildman–Crippen LogP) is 2.71. The average molecular weight is 277 g/mol. The highest BCUT2D eigenvalue weighted by Crippen LogP contribution is 2.40. The maximum Gasteiger partial charge on any atom is 0.574 e. The molecule has 1 N–H and O–H groups in total. The summed E-state index contributed by atoms with van der Waals surface area (Å²) in [6.07, 6.45) is -10.4. The molecule has 0 amide bonds. The third kappa shape index (κ3) is 3.31. The minimum Gasteiger partial charge on any atom is -0.506 e. The summed E-state index contributed by atoms with van der Waals surface area (Å²) in [5.74, 6) is -3.58. The van der Waals surface area contributed by atoms with Crippen LogP contribution in [0.1, 0.15) is 5.69 Å². The Bertz CT molecular complexity index is 442. The monoisotopic (exact) mass is 277 g/mol. The molecule has 0 atom stereocenters. The highest BCUT2D eigenvalue weighted by atomic mass is 19.4. The summed E-state index contributed by atoms with van der Waals surface area (Å²) in [6.45, 7) is 0. The van der Waals surface area contributed by atoms with Crippen LogP contribution in [-0.4, -0.2) is 23.6 Å². The highest BCUT2D eigenvalue weighted by molar-refractivity contribution is 5.43. The van der Waals surface area contributed by atoms with Gasteiger partial charge in [-0.2, -0.15) is 13.2 Å². The van der Waals surface area contributed by atoms with Crippen molar-refractivity contribution in [3.05, 3.63) is 11.8 Å². The van der Waals surface area contributed by atoms with Crippen LogP contribution in [0.5, 0.6) is 17.4 Å². The van der Waals surface area contributed by atoms with Crippen LogP contribution in [0.4, 0.5) is 26.3 Å². The molecule has 0 aromatic carbocycles. The van der Waals surface area contributed by atoms with Gasteiger partial charge in [0.2, 0.25) is 0 Å². The van der Waals surface area contributed by atoms with Gasteiger partial charge in [0.15, 0.2) is 11.4 Å².